The number of carbonyl (C=O) groups excluding carboxylic acids is 2. The topological polar surface area (TPSA) is 70.6 Å². The number of rotatable bonds is 5. The molecule has 2 rings (SSSR count). The number of benzene rings is 2. The number of nitrogens with zero attached hydrogens (tertiary/aromatic N) is 1. The molecule has 0 heterocycles. The smallest absolute Gasteiger partial charge is 0.262 e. The third-order valence-corrected chi connectivity index (χ3v) is 3.29. The highest BCUT2D eigenvalue weighted by atomic mass is 35.5. The van der Waals surface area contributed by atoms with Crippen LogP contribution in [0.1, 0.15) is 22.8 Å². The number of nitrogens with one attached hydrogen (secondary N) is 2. The zero-order chi connectivity index (χ0) is 16.7. The van der Waals surface area contributed by atoms with Crippen LogP contribution in [0.2, 0.25) is 5.02 Å². The molecule has 2 aromatic rings. The lowest BCUT2D eigenvalue weighted by Gasteiger charge is -2.12. The highest BCUT2D eigenvalue weighted by molar-refractivity contribution is 6.30. The molecule has 1 atom stereocenters. The fourth-order valence-corrected chi connectivity index (χ4v) is 1.88. The summed E-state index contributed by atoms with van der Waals surface area (Å²) in [6.45, 7) is 1.59. The van der Waals surface area contributed by atoms with Gasteiger partial charge in [0.05, 0.1) is 6.21 Å². The average Bonchev–Trinajstić information content (AvgIpc) is 2.57. The SMILES string of the molecule is CC(NC(=O)c1ccccc1)C(=O)NN=Cc1ccc(Cl)cc1. The van der Waals surface area contributed by atoms with Crippen molar-refractivity contribution in [2.24, 2.45) is 5.10 Å². The van der Waals surface area contributed by atoms with E-state index in [9.17, 15) is 9.59 Å². The van der Waals surface area contributed by atoms with Gasteiger partial charge in [0.1, 0.15) is 6.04 Å². The summed E-state index contributed by atoms with van der Waals surface area (Å²) in [5.41, 5.74) is 3.68. The lowest BCUT2D eigenvalue weighted by molar-refractivity contribution is -0.122. The van der Waals surface area contributed by atoms with Crippen LogP contribution in [0.5, 0.6) is 0 Å². The first-order chi connectivity index (χ1) is 11.1. The summed E-state index contributed by atoms with van der Waals surface area (Å²) in [4.78, 5) is 23.8. The molecule has 0 aliphatic carbocycles. The second-order valence-electron chi connectivity index (χ2n) is 4.85. The molecular formula is C17H16ClN3O2. The molecule has 1 unspecified atom stereocenters. The number of hydrazone groups is 1. The minimum absolute atomic E-state index is 0.310. The van der Waals surface area contributed by atoms with E-state index < -0.39 is 11.9 Å². The summed E-state index contributed by atoms with van der Waals surface area (Å²) < 4.78 is 0. The van der Waals surface area contributed by atoms with Crippen molar-refractivity contribution in [2.75, 3.05) is 0 Å². The average molecular weight is 330 g/mol. The monoisotopic (exact) mass is 329 g/mol. The zero-order valence-electron chi connectivity index (χ0n) is 12.5. The molecule has 0 aromatic heterocycles. The Labute approximate surface area is 139 Å². The molecule has 2 aromatic carbocycles. The van der Waals surface area contributed by atoms with Gasteiger partial charge in [0.25, 0.3) is 11.8 Å². The molecule has 23 heavy (non-hydrogen) atoms. The molecule has 0 spiro atoms. The number of hydrogen-bond donors (Lipinski definition) is 2. The molecule has 6 heteroatoms. The Hall–Kier alpha value is -2.66. The lowest BCUT2D eigenvalue weighted by atomic mass is 10.2. The van der Waals surface area contributed by atoms with E-state index in [1.807, 2.05) is 6.07 Å². The maximum absolute atomic E-state index is 11.9. The molecule has 0 saturated carbocycles. The number of hydrogen-bond acceptors (Lipinski definition) is 3. The second-order valence-corrected chi connectivity index (χ2v) is 5.28. The predicted molar refractivity (Wildman–Crippen MR) is 90.6 cm³/mol. The van der Waals surface area contributed by atoms with Crippen LogP contribution in [0.3, 0.4) is 0 Å². The van der Waals surface area contributed by atoms with Crippen LogP contribution in [0.25, 0.3) is 0 Å². The van der Waals surface area contributed by atoms with E-state index in [0.29, 0.717) is 10.6 Å². The normalized spacial score (nSPS) is 11.9. The van der Waals surface area contributed by atoms with Gasteiger partial charge in [-0.1, -0.05) is 41.9 Å². The van der Waals surface area contributed by atoms with E-state index in [4.69, 9.17) is 11.6 Å². The van der Waals surface area contributed by atoms with Gasteiger partial charge in [-0.25, -0.2) is 5.43 Å². The van der Waals surface area contributed by atoms with Crippen molar-refractivity contribution < 1.29 is 9.59 Å². The molecule has 118 valence electrons. The standard InChI is InChI=1S/C17H16ClN3O2/c1-12(20-17(23)14-5-3-2-4-6-14)16(22)21-19-11-13-7-9-15(18)10-8-13/h2-12H,1H3,(H,20,23)(H,21,22). The number of amides is 2. The first kappa shape index (κ1) is 16.7. The molecule has 2 N–H and O–H groups in total. The third-order valence-electron chi connectivity index (χ3n) is 3.04. The minimum Gasteiger partial charge on any atom is -0.340 e. The zero-order valence-corrected chi connectivity index (χ0v) is 13.2. The van der Waals surface area contributed by atoms with Crippen LogP contribution < -0.4 is 10.7 Å². The molecule has 0 fully saturated rings. The summed E-state index contributed by atoms with van der Waals surface area (Å²) >= 11 is 5.78. The molecule has 0 aliphatic rings. The maximum atomic E-state index is 11.9. The second kappa shape index (κ2) is 8.10. The predicted octanol–water partition coefficient (Wildman–Crippen LogP) is 2.61. The largest absolute Gasteiger partial charge is 0.340 e. The third kappa shape index (κ3) is 5.23. The fraction of sp³-hybridized carbons (Fsp3) is 0.118. The Bertz CT molecular complexity index is 700. The van der Waals surface area contributed by atoms with Crippen LogP contribution in [0.4, 0.5) is 0 Å². The summed E-state index contributed by atoms with van der Waals surface area (Å²) in [7, 11) is 0. The molecule has 0 bridgehead atoms. The van der Waals surface area contributed by atoms with Crippen molar-refractivity contribution in [3.05, 3.63) is 70.7 Å². The van der Waals surface area contributed by atoms with Gasteiger partial charge in [0, 0.05) is 10.6 Å². The van der Waals surface area contributed by atoms with Crippen molar-refractivity contribution >= 4 is 29.6 Å². The minimum atomic E-state index is -0.704. The first-order valence-corrected chi connectivity index (χ1v) is 7.38. The summed E-state index contributed by atoms with van der Waals surface area (Å²) in [5.74, 6) is -0.713. The van der Waals surface area contributed by atoms with Crippen molar-refractivity contribution in [2.45, 2.75) is 13.0 Å². The van der Waals surface area contributed by atoms with Crippen molar-refractivity contribution in [1.29, 1.82) is 0 Å². The first-order valence-electron chi connectivity index (χ1n) is 7.00. The number of carbonyl (C=O) groups is 2. The Morgan fingerprint density at radius 3 is 2.39 bits per heavy atom. The Morgan fingerprint density at radius 1 is 1.09 bits per heavy atom. The highest BCUT2D eigenvalue weighted by Gasteiger charge is 2.15. The highest BCUT2D eigenvalue weighted by Crippen LogP contribution is 2.07. The van der Waals surface area contributed by atoms with Gasteiger partial charge in [-0.2, -0.15) is 5.10 Å². The molecule has 2 amide bonds. The van der Waals surface area contributed by atoms with Gasteiger partial charge in [-0.3, -0.25) is 9.59 Å². The van der Waals surface area contributed by atoms with Crippen molar-refractivity contribution in [1.82, 2.24) is 10.7 Å². The van der Waals surface area contributed by atoms with Crippen LogP contribution in [-0.2, 0) is 4.79 Å². The van der Waals surface area contributed by atoms with E-state index in [1.165, 1.54) is 6.21 Å². The van der Waals surface area contributed by atoms with Crippen LogP contribution in [-0.4, -0.2) is 24.1 Å². The Kier molecular flexibility index (Phi) is 5.88. The Morgan fingerprint density at radius 2 is 1.74 bits per heavy atom. The van der Waals surface area contributed by atoms with Crippen LogP contribution in [0, 0.1) is 0 Å². The summed E-state index contributed by atoms with van der Waals surface area (Å²) in [6, 6.07) is 15.0. The van der Waals surface area contributed by atoms with Gasteiger partial charge >= 0.3 is 0 Å². The molecular weight excluding hydrogens is 314 g/mol. The van der Waals surface area contributed by atoms with Gasteiger partial charge in [0.15, 0.2) is 0 Å². The Balaban J connectivity index is 1.85. The van der Waals surface area contributed by atoms with Crippen molar-refractivity contribution in [3.8, 4) is 0 Å². The van der Waals surface area contributed by atoms with Crippen LogP contribution in [0.15, 0.2) is 59.7 Å². The summed E-state index contributed by atoms with van der Waals surface area (Å²) in [5, 5.41) is 7.09. The van der Waals surface area contributed by atoms with Gasteiger partial charge in [0.2, 0.25) is 0 Å². The van der Waals surface area contributed by atoms with E-state index >= 15 is 0 Å². The van der Waals surface area contributed by atoms with E-state index in [2.05, 4.69) is 15.8 Å². The molecule has 0 radical (unpaired) electrons. The number of halogens is 1. The van der Waals surface area contributed by atoms with E-state index in [1.54, 1.807) is 55.5 Å². The fourth-order valence-electron chi connectivity index (χ4n) is 1.75. The van der Waals surface area contributed by atoms with Gasteiger partial charge in [-0.15, -0.1) is 0 Å². The molecule has 0 aliphatic heterocycles. The van der Waals surface area contributed by atoms with E-state index in [0.717, 1.165) is 5.56 Å². The van der Waals surface area contributed by atoms with Gasteiger partial charge in [-0.05, 0) is 36.8 Å². The molecule has 0 saturated heterocycles. The summed E-state index contributed by atoms with van der Waals surface area (Å²) in [6.07, 6.45) is 1.50. The van der Waals surface area contributed by atoms with Crippen molar-refractivity contribution in [3.63, 3.8) is 0 Å². The van der Waals surface area contributed by atoms with Crippen LogP contribution >= 0.6 is 11.6 Å². The molecule has 5 nitrogen and oxygen atoms in total. The van der Waals surface area contributed by atoms with Gasteiger partial charge < -0.3 is 5.32 Å². The lowest BCUT2D eigenvalue weighted by Crippen LogP contribution is -2.43. The quantitative estimate of drug-likeness (QED) is 0.654. The maximum Gasteiger partial charge on any atom is 0.262 e. The van der Waals surface area contributed by atoms with E-state index in [-0.39, 0.29) is 5.91 Å².